The zero-order valence-corrected chi connectivity index (χ0v) is 13.2. The Morgan fingerprint density at radius 1 is 1.25 bits per heavy atom. The molecular weight excluding hydrogens is 248 g/mol. The van der Waals surface area contributed by atoms with Crippen LogP contribution in [0.2, 0.25) is 0 Å². The van der Waals surface area contributed by atoms with Crippen LogP contribution in [0.5, 0.6) is 0 Å². The Bertz CT molecular complexity index is 484. The maximum absolute atomic E-state index is 12.3. The summed E-state index contributed by atoms with van der Waals surface area (Å²) >= 11 is 0. The average Bonchev–Trinajstić information content (AvgIpc) is 2.34. The molecule has 0 spiro atoms. The molecule has 1 atom stereocenters. The van der Waals surface area contributed by atoms with E-state index in [0.717, 1.165) is 12.0 Å². The van der Waals surface area contributed by atoms with Crippen LogP contribution in [-0.4, -0.2) is 11.6 Å². The average molecular weight is 274 g/mol. The number of ketones is 1. The molecule has 1 aromatic carbocycles. The summed E-state index contributed by atoms with van der Waals surface area (Å²) in [6.45, 7) is 9.68. The molecule has 0 saturated heterocycles. The maximum Gasteiger partial charge on any atom is 0.161 e. The lowest BCUT2D eigenvalue weighted by Gasteiger charge is -2.29. The lowest BCUT2D eigenvalue weighted by atomic mass is 9.80. The number of hydrogen-bond donors (Lipinski definition) is 1. The first-order valence-electron chi connectivity index (χ1n) is 7.18. The SMILES string of the molecule is CC(=O)C(CCC(C)C)(N=C(C)N)c1ccc(C)cc1. The molecule has 0 aliphatic heterocycles. The number of aliphatic imine (C=N–C) groups is 1. The van der Waals surface area contributed by atoms with Crippen molar-refractivity contribution in [1.82, 2.24) is 0 Å². The van der Waals surface area contributed by atoms with Crippen molar-refractivity contribution in [3.05, 3.63) is 35.4 Å². The molecule has 0 aliphatic rings. The molecule has 0 radical (unpaired) electrons. The van der Waals surface area contributed by atoms with Gasteiger partial charge in [0.05, 0.1) is 5.84 Å². The van der Waals surface area contributed by atoms with Gasteiger partial charge >= 0.3 is 0 Å². The van der Waals surface area contributed by atoms with Gasteiger partial charge in [0.25, 0.3) is 0 Å². The largest absolute Gasteiger partial charge is 0.388 e. The van der Waals surface area contributed by atoms with E-state index in [9.17, 15) is 4.79 Å². The summed E-state index contributed by atoms with van der Waals surface area (Å²) in [7, 11) is 0. The van der Waals surface area contributed by atoms with E-state index in [2.05, 4.69) is 18.8 Å². The lowest BCUT2D eigenvalue weighted by molar-refractivity contribution is -0.122. The highest BCUT2D eigenvalue weighted by atomic mass is 16.1. The number of nitrogens with zero attached hydrogens (tertiary/aromatic N) is 1. The van der Waals surface area contributed by atoms with Crippen LogP contribution in [0.4, 0.5) is 0 Å². The quantitative estimate of drug-likeness (QED) is 0.636. The number of nitrogens with two attached hydrogens (primary N) is 1. The van der Waals surface area contributed by atoms with Gasteiger partial charge in [0, 0.05) is 0 Å². The number of carbonyl (C=O) groups is 1. The second-order valence-corrected chi connectivity index (χ2v) is 5.97. The van der Waals surface area contributed by atoms with Crippen molar-refractivity contribution in [2.24, 2.45) is 16.6 Å². The number of rotatable bonds is 6. The highest BCUT2D eigenvalue weighted by Gasteiger charge is 2.36. The third kappa shape index (κ3) is 3.92. The molecule has 3 heteroatoms. The van der Waals surface area contributed by atoms with E-state index in [1.165, 1.54) is 5.56 Å². The summed E-state index contributed by atoms with van der Waals surface area (Å²) in [4.78, 5) is 16.9. The molecule has 1 aromatic rings. The topological polar surface area (TPSA) is 55.5 Å². The van der Waals surface area contributed by atoms with E-state index in [0.29, 0.717) is 18.2 Å². The summed E-state index contributed by atoms with van der Waals surface area (Å²) < 4.78 is 0. The Labute approximate surface area is 122 Å². The van der Waals surface area contributed by atoms with Gasteiger partial charge in [0.1, 0.15) is 5.54 Å². The maximum atomic E-state index is 12.3. The van der Waals surface area contributed by atoms with Gasteiger partial charge in [0.15, 0.2) is 5.78 Å². The number of aryl methyl sites for hydroxylation is 1. The third-order valence-electron chi connectivity index (χ3n) is 3.56. The van der Waals surface area contributed by atoms with Gasteiger partial charge in [0.2, 0.25) is 0 Å². The summed E-state index contributed by atoms with van der Waals surface area (Å²) in [5, 5.41) is 0. The normalized spacial score (nSPS) is 15.2. The van der Waals surface area contributed by atoms with Gasteiger partial charge in [-0.05, 0) is 45.1 Å². The fourth-order valence-corrected chi connectivity index (χ4v) is 2.35. The van der Waals surface area contributed by atoms with Gasteiger partial charge in [-0.3, -0.25) is 9.79 Å². The predicted molar refractivity (Wildman–Crippen MR) is 84.9 cm³/mol. The zero-order valence-electron chi connectivity index (χ0n) is 13.2. The highest BCUT2D eigenvalue weighted by Crippen LogP contribution is 2.34. The van der Waals surface area contributed by atoms with Crippen LogP contribution in [0.15, 0.2) is 29.3 Å². The number of amidine groups is 1. The fraction of sp³-hybridized carbons (Fsp3) is 0.529. The monoisotopic (exact) mass is 274 g/mol. The van der Waals surface area contributed by atoms with E-state index < -0.39 is 5.54 Å². The molecule has 2 N–H and O–H groups in total. The molecule has 0 aromatic heterocycles. The molecule has 0 heterocycles. The first-order chi connectivity index (χ1) is 9.28. The molecule has 0 bridgehead atoms. The molecule has 3 nitrogen and oxygen atoms in total. The Hall–Kier alpha value is -1.64. The summed E-state index contributed by atoms with van der Waals surface area (Å²) in [5.74, 6) is 1.02. The van der Waals surface area contributed by atoms with E-state index in [4.69, 9.17) is 5.73 Å². The highest BCUT2D eigenvalue weighted by molar-refractivity contribution is 5.91. The van der Waals surface area contributed by atoms with Crippen LogP contribution in [-0.2, 0) is 10.3 Å². The molecule has 0 amide bonds. The Kier molecular flexibility index (Phi) is 5.49. The van der Waals surface area contributed by atoms with Crippen LogP contribution < -0.4 is 5.73 Å². The van der Waals surface area contributed by atoms with Crippen LogP contribution >= 0.6 is 0 Å². The number of carbonyl (C=O) groups excluding carboxylic acids is 1. The minimum absolute atomic E-state index is 0.0480. The summed E-state index contributed by atoms with van der Waals surface area (Å²) in [6, 6.07) is 8.01. The molecular formula is C17H26N2O. The van der Waals surface area contributed by atoms with Crippen molar-refractivity contribution in [2.75, 3.05) is 0 Å². The standard InChI is InChI=1S/C17H26N2O/c1-12(2)10-11-17(14(4)20,19-15(5)18)16-8-6-13(3)7-9-16/h6-9,12H,10-11H2,1-5H3,(H2,18,19). The molecule has 1 rings (SSSR count). The van der Waals surface area contributed by atoms with Crippen LogP contribution in [0.25, 0.3) is 0 Å². The molecule has 0 aliphatic carbocycles. The minimum Gasteiger partial charge on any atom is -0.388 e. The number of hydrogen-bond acceptors (Lipinski definition) is 2. The van der Waals surface area contributed by atoms with Gasteiger partial charge in [-0.25, -0.2) is 0 Å². The minimum atomic E-state index is -0.837. The van der Waals surface area contributed by atoms with E-state index >= 15 is 0 Å². The fourth-order valence-electron chi connectivity index (χ4n) is 2.35. The summed E-state index contributed by atoms with van der Waals surface area (Å²) in [5.41, 5.74) is 7.05. The first kappa shape index (κ1) is 16.4. The van der Waals surface area contributed by atoms with Crippen LogP contribution in [0.1, 0.15) is 51.7 Å². The van der Waals surface area contributed by atoms with E-state index in [1.807, 2.05) is 31.2 Å². The lowest BCUT2D eigenvalue weighted by Crippen LogP contribution is -2.35. The van der Waals surface area contributed by atoms with Gasteiger partial charge < -0.3 is 5.73 Å². The first-order valence-corrected chi connectivity index (χ1v) is 7.18. The molecule has 20 heavy (non-hydrogen) atoms. The van der Waals surface area contributed by atoms with Crippen molar-refractivity contribution in [3.8, 4) is 0 Å². The van der Waals surface area contributed by atoms with Crippen molar-refractivity contribution in [1.29, 1.82) is 0 Å². The summed E-state index contributed by atoms with van der Waals surface area (Å²) in [6.07, 6.45) is 1.63. The van der Waals surface area contributed by atoms with E-state index in [1.54, 1.807) is 13.8 Å². The predicted octanol–water partition coefficient (Wildman–Crippen LogP) is 3.59. The second-order valence-electron chi connectivity index (χ2n) is 5.97. The number of benzene rings is 1. The smallest absolute Gasteiger partial charge is 0.161 e. The number of Topliss-reactive ketones (excluding diaryl/α,β-unsaturated/α-hetero) is 1. The Morgan fingerprint density at radius 2 is 1.80 bits per heavy atom. The van der Waals surface area contributed by atoms with Crippen molar-refractivity contribution < 1.29 is 4.79 Å². The van der Waals surface area contributed by atoms with Gasteiger partial charge in [-0.1, -0.05) is 43.7 Å². The van der Waals surface area contributed by atoms with Crippen molar-refractivity contribution in [3.63, 3.8) is 0 Å². The Balaban J connectivity index is 3.32. The third-order valence-corrected chi connectivity index (χ3v) is 3.56. The van der Waals surface area contributed by atoms with E-state index in [-0.39, 0.29) is 5.78 Å². The Morgan fingerprint density at radius 3 is 2.20 bits per heavy atom. The molecule has 0 fully saturated rings. The van der Waals surface area contributed by atoms with Crippen LogP contribution in [0, 0.1) is 12.8 Å². The molecule has 0 saturated carbocycles. The zero-order chi connectivity index (χ0) is 15.3. The van der Waals surface area contributed by atoms with Crippen molar-refractivity contribution in [2.45, 2.75) is 53.0 Å². The van der Waals surface area contributed by atoms with Crippen LogP contribution in [0.3, 0.4) is 0 Å². The molecule has 1 unspecified atom stereocenters. The van der Waals surface area contributed by atoms with Gasteiger partial charge in [-0.15, -0.1) is 0 Å². The second kappa shape index (κ2) is 6.69. The van der Waals surface area contributed by atoms with Crippen molar-refractivity contribution >= 4 is 11.6 Å². The van der Waals surface area contributed by atoms with Gasteiger partial charge in [-0.2, -0.15) is 0 Å². The molecule has 110 valence electrons.